The molecule has 0 radical (unpaired) electrons. The van der Waals surface area contributed by atoms with Crippen molar-refractivity contribution in [2.24, 2.45) is 0 Å². The van der Waals surface area contributed by atoms with E-state index >= 15 is 0 Å². The molecule has 0 bridgehead atoms. The molecule has 0 aliphatic heterocycles. The molecule has 0 aromatic heterocycles. The van der Waals surface area contributed by atoms with Gasteiger partial charge in [-0.2, -0.15) is 0 Å². The third kappa shape index (κ3) is 59.3. The Morgan fingerprint density at radius 3 is 1.05 bits per heavy atom. The second-order valence-corrected chi connectivity index (χ2v) is 22.8. The summed E-state index contributed by atoms with van der Waals surface area (Å²) in [6, 6.07) is -0.624. The number of amides is 1. The second kappa shape index (κ2) is 63.6. The Morgan fingerprint density at radius 2 is 0.676 bits per heavy atom. The molecule has 436 valence electrons. The lowest BCUT2D eigenvalue weighted by Gasteiger charge is -2.20. The molecule has 2 unspecified atom stereocenters. The van der Waals surface area contributed by atoms with Crippen LogP contribution in [0.5, 0.6) is 0 Å². The molecule has 0 aliphatic rings. The van der Waals surface area contributed by atoms with Gasteiger partial charge in [0, 0.05) is 12.8 Å². The van der Waals surface area contributed by atoms with Crippen molar-refractivity contribution >= 4 is 11.9 Å². The Bertz CT molecular complexity index is 1200. The van der Waals surface area contributed by atoms with Gasteiger partial charge in [0.1, 0.15) is 0 Å². The monoisotopic (exact) mass is 1040 g/mol. The Hall–Kier alpha value is -1.92. The van der Waals surface area contributed by atoms with Gasteiger partial charge in [-0.05, 0) is 64.2 Å². The standard InChI is InChI=1S/C68H129NO5/c1-3-5-7-9-11-13-15-16-17-31-35-38-42-46-50-54-58-62-68(73)74-63-59-55-51-47-43-39-36-33-30-28-26-24-22-20-18-19-21-23-25-27-29-32-34-37-41-45-49-53-57-61-67(72)69-65(64-70)66(71)60-56-52-48-44-40-14-12-10-8-6-4-2/h11,13,16-17,56,60,65-66,70-71H,3-10,12,14-15,18-55,57-59,61-64H2,1-2H3,(H,69,72)/b13-11-,17-16-,60-56+. The van der Waals surface area contributed by atoms with Gasteiger partial charge in [-0.3, -0.25) is 9.59 Å². The molecule has 0 rings (SSSR count). The highest BCUT2D eigenvalue weighted by Gasteiger charge is 2.18. The summed E-state index contributed by atoms with van der Waals surface area (Å²) in [5.41, 5.74) is 0. The van der Waals surface area contributed by atoms with E-state index in [9.17, 15) is 19.8 Å². The van der Waals surface area contributed by atoms with Crippen LogP contribution in [0.15, 0.2) is 36.5 Å². The van der Waals surface area contributed by atoms with Gasteiger partial charge in [0.05, 0.1) is 25.4 Å². The van der Waals surface area contributed by atoms with Crippen molar-refractivity contribution < 1.29 is 24.5 Å². The van der Waals surface area contributed by atoms with E-state index in [1.807, 2.05) is 6.08 Å². The summed E-state index contributed by atoms with van der Waals surface area (Å²) < 4.78 is 5.50. The second-order valence-electron chi connectivity index (χ2n) is 22.8. The number of allylic oxidation sites excluding steroid dienone is 5. The van der Waals surface area contributed by atoms with Crippen LogP contribution in [0.25, 0.3) is 0 Å². The molecule has 0 fully saturated rings. The third-order valence-corrected chi connectivity index (χ3v) is 15.4. The Balaban J connectivity index is 3.33. The Kier molecular flexibility index (Phi) is 62.0. The molecule has 0 heterocycles. The van der Waals surface area contributed by atoms with Crippen LogP contribution in [0.1, 0.15) is 361 Å². The van der Waals surface area contributed by atoms with E-state index in [0.29, 0.717) is 19.4 Å². The average Bonchev–Trinajstić information content (AvgIpc) is 3.40. The van der Waals surface area contributed by atoms with Crippen LogP contribution in [0.3, 0.4) is 0 Å². The molecule has 0 aliphatic carbocycles. The van der Waals surface area contributed by atoms with Crippen LogP contribution in [0.2, 0.25) is 0 Å². The minimum absolute atomic E-state index is 0.0114. The normalized spacial score (nSPS) is 12.8. The van der Waals surface area contributed by atoms with Crippen molar-refractivity contribution in [1.82, 2.24) is 5.32 Å². The fraction of sp³-hybridized carbons (Fsp3) is 0.882. The number of rotatable bonds is 62. The molecule has 74 heavy (non-hydrogen) atoms. The van der Waals surface area contributed by atoms with Crippen LogP contribution in [0.4, 0.5) is 0 Å². The highest BCUT2D eigenvalue weighted by atomic mass is 16.5. The van der Waals surface area contributed by atoms with Gasteiger partial charge in [0.2, 0.25) is 5.91 Å². The van der Waals surface area contributed by atoms with Crippen LogP contribution in [0, 0.1) is 0 Å². The average molecular weight is 1040 g/mol. The molecule has 0 spiro atoms. The zero-order chi connectivity index (χ0) is 53.6. The molecule has 6 nitrogen and oxygen atoms in total. The van der Waals surface area contributed by atoms with Gasteiger partial charge in [0.25, 0.3) is 0 Å². The van der Waals surface area contributed by atoms with E-state index < -0.39 is 12.1 Å². The van der Waals surface area contributed by atoms with Crippen molar-refractivity contribution in [2.45, 2.75) is 373 Å². The first-order valence-electron chi connectivity index (χ1n) is 33.3. The number of nitrogens with one attached hydrogen (secondary N) is 1. The van der Waals surface area contributed by atoms with Gasteiger partial charge < -0.3 is 20.3 Å². The number of aliphatic hydroxyl groups excluding tert-OH is 2. The molecule has 0 aromatic rings. The Morgan fingerprint density at radius 1 is 0.378 bits per heavy atom. The first-order chi connectivity index (χ1) is 36.5. The zero-order valence-corrected chi connectivity index (χ0v) is 49.8. The van der Waals surface area contributed by atoms with Crippen LogP contribution in [-0.2, 0) is 14.3 Å². The fourth-order valence-corrected chi connectivity index (χ4v) is 10.3. The van der Waals surface area contributed by atoms with E-state index in [-0.39, 0.29) is 18.5 Å². The molecule has 0 saturated heterocycles. The summed E-state index contributed by atoms with van der Waals surface area (Å²) in [6.45, 7) is 4.88. The van der Waals surface area contributed by atoms with Crippen molar-refractivity contribution in [3.8, 4) is 0 Å². The summed E-state index contributed by atoms with van der Waals surface area (Å²) >= 11 is 0. The fourth-order valence-electron chi connectivity index (χ4n) is 10.3. The molecular weight excluding hydrogens is 911 g/mol. The van der Waals surface area contributed by atoms with Crippen LogP contribution >= 0.6 is 0 Å². The highest BCUT2D eigenvalue weighted by molar-refractivity contribution is 5.76. The molecular formula is C68H129NO5. The van der Waals surface area contributed by atoms with Crippen molar-refractivity contribution in [1.29, 1.82) is 0 Å². The lowest BCUT2D eigenvalue weighted by molar-refractivity contribution is -0.143. The maximum absolute atomic E-state index is 12.4. The number of carbonyl (C=O) groups is 2. The maximum Gasteiger partial charge on any atom is 0.305 e. The van der Waals surface area contributed by atoms with Crippen LogP contribution in [-0.4, -0.2) is 47.4 Å². The van der Waals surface area contributed by atoms with Gasteiger partial charge in [-0.15, -0.1) is 0 Å². The number of carbonyl (C=O) groups excluding carboxylic acids is 2. The predicted octanol–water partition coefficient (Wildman–Crippen LogP) is 21.1. The number of aliphatic hydroxyl groups is 2. The predicted molar refractivity (Wildman–Crippen MR) is 324 cm³/mol. The van der Waals surface area contributed by atoms with E-state index in [1.54, 1.807) is 6.08 Å². The Labute approximate surface area is 462 Å². The van der Waals surface area contributed by atoms with Gasteiger partial charge >= 0.3 is 5.97 Å². The van der Waals surface area contributed by atoms with Crippen LogP contribution < -0.4 is 5.32 Å². The molecule has 3 N–H and O–H groups in total. The van der Waals surface area contributed by atoms with Crippen molar-refractivity contribution in [3.05, 3.63) is 36.5 Å². The number of unbranched alkanes of at least 4 members (excludes halogenated alkanes) is 47. The number of hydrogen-bond donors (Lipinski definition) is 3. The molecule has 6 heteroatoms. The van der Waals surface area contributed by atoms with E-state index in [4.69, 9.17) is 4.74 Å². The van der Waals surface area contributed by atoms with E-state index in [1.165, 1.54) is 283 Å². The smallest absolute Gasteiger partial charge is 0.305 e. The summed E-state index contributed by atoms with van der Waals surface area (Å²) in [4.78, 5) is 24.5. The SMILES string of the molecule is CCCCC/C=C\C/C=C\CCCCCCCCCC(=O)OCCCCCCCCCCCCCCCCCCCCCCCCCCCCCCCC(=O)NC(CO)C(O)/C=C/CCCCCCCCCCC. The lowest BCUT2D eigenvalue weighted by atomic mass is 10.0. The zero-order valence-electron chi connectivity index (χ0n) is 49.8. The first-order valence-corrected chi connectivity index (χ1v) is 33.3. The van der Waals surface area contributed by atoms with Crippen molar-refractivity contribution in [2.75, 3.05) is 13.2 Å². The minimum Gasteiger partial charge on any atom is -0.466 e. The maximum atomic E-state index is 12.4. The quantitative estimate of drug-likeness (QED) is 0.0320. The largest absolute Gasteiger partial charge is 0.466 e. The number of esters is 1. The molecule has 0 saturated carbocycles. The van der Waals surface area contributed by atoms with Crippen molar-refractivity contribution in [3.63, 3.8) is 0 Å². The highest BCUT2D eigenvalue weighted by Crippen LogP contribution is 2.18. The summed E-state index contributed by atoms with van der Waals surface area (Å²) in [5, 5.41) is 23.0. The van der Waals surface area contributed by atoms with Gasteiger partial charge in [0.15, 0.2) is 0 Å². The molecule has 1 amide bonds. The third-order valence-electron chi connectivity index (χ3n) is 15.4. The topological polar surface area (TPSA) is 95.9 Å². The molecule has 0 aromatic carbocycles. The first kappa shape index (κ1) is 72.1. The number of ether oxygens (including phenoxy) is 1. The van der Waals surface area contributed by atoms with E-state index in [0.717, 1.165) is 51.4 Å². The van der Waals surface area contributed by atoms with Gasteiger partial charge in [-0.25, -0.2) is 0 Å². The number of hydrogen-bond acceptors (Lipinski definition) is 5. The summed E-state index contributed by atoms with van der Waals surface area (Å²) in [6.07, 6.45) is 80.7. The van der Waals surface area contributed by atoms with Gasteiger partial charge in [-0.1, -0.05) is 320 Å². The van der Waals surface area contributed by atoms with E-state index in [2.05, 4.69) is 43.5 Å². The summed E-state index contributed by atoms with van der Waals surface area (Å²) in [7, 11) is 0. The summed E-state index contributed by atoms with van der Waals surface area (Å²) in [5.74, 6) is -0.0533. The molecule has 2 atom stereocenters. The minimum atomic E-state index is -0.840. The lowest BCUT2D eigenvalue weighted by Crippen LogP contribution is -2.45.